The first-order valence-electron chi connectivity index (χ1n) is 8.64. The number of hydrogen-bond donors (Lipinski definition) is 2. The van der Waals surface area contributed by atoms with E-state index in [-0.39, 0.29) is 16.5 Å². The summed E-state index contributed by atoms with van der Waals surface area (Å²) in [5.74, 6) is -0.408. The number of para-hydroxylation sites is 1. The fourth-order valence-corrected chi connectivity index (χ4v) is 3.12. The van der Waals surface area contributed by atoms with E-state index in [1.165, 1.54) is 6.07 Å². The Kier molecular flexibility index (Phi) is 4.99. The molecule has 0 bridgehead atoms. The van der Waals surface area contributed by atoms with Gasteiger partial charge in [0.25, 0.3) is 5.91 Å². The fraction of sp³-hybridized carbons (Fsp3) is 0.421. The summed E-state index contributed by atoms with van der Waals surface area (Å²) in [6.45, 7) is 6.43. The molecule has 0 atom stereocenters. The van der Waals surface area contributed by atoms with Gasteiger partial charge in [0, 0.05) is 18.3 Å². The lowest BCUT2D eigenvalue weighted by atomic mass is 9.81. The largest absolute Gasteiger partial charge is 0.350 e. The molecule has 0 spiro atoms. The summed E-state index contributed by atoms with van der Waals surface area (Å²) in [5, 5.41) is 10.5. The summed E-state index contributed by atoms with van der Waals surface area (Å²) in [6.07, 6.45) is 2.01. The Balaban J connectivity index is 1.81. The fourth-order valence-electron chi connectivity index (χ4n) is 3.12. The maximum absolute atomic E-state index is 12.5. The summed E-state index contributed by atoms with van der Waals surface area (Å²) in [4.78, 5) is 24.8. The van der Waals surface area contributed by atoms with Gasteiger partial charge in [-0.3, -0.25) is 9.59 Å². The predicted molar refractivity (Wildman–Crippen MR) is 97.1 cm³/mol. The van der Waals surface area contributed by atoms with Gasteiger partial charge in [-0.2, -0.15) is 5.10 Å². The third-order valence-corrected chi connectivity index (χ3v) is 4.81. The molecule has 2 heterocycles. The summed E-state index contributed by atoms with van der Waals surface area (Å²) in [6, 6.07) is 10.9. The number of nitrogens with zero attached hydrogens (tertiary/aromatic N) is 2. The lowest BCUT2D eigenvalue weighted by Crippen LogP contribution is -2.44. The van der Waals surface area contributed by atoms with Crippen molar-refractivity contribution in [2.75, 3.05) is 19.6 Å². The average Bonchev–Trinajstić information content (AvgIpc) is 2.61. The minimum Gasteiger partial charge on any atom is -0.350 e. The van der Waals surface area contributed by atoms with Crippen molar-refractivity contribution in [3.8, 4) is 5.69 Å². The van der Waals surface area contributed by atoms with E-state index in [1.54, 1.807) is 11.6 Å². The van der Waals surface area contributed by atoms with Gasteiger partial charge in [0.05, 0.1) is 5.69 Å². The zero-order chi connectivity index (χ0) is 17.9. The van der Waals surface area contributed by atoms with Gasteiger partial charge in [-0.15, -0.1) is 0 Å². The van der Waals surface area contributed by atoms with E-state index in [4.69, 9.17) is 0 Å². The van der Waals surface area contributed by atoms with E-state index in [0.29, 0.717) is 12.2 Å². The summed E-state index contributed by atoms with van der Waals surface area (Å²) < 4.78 is 1.63. The van der Waals surface area contributed by atoms with Gasteiger partial charge >= 0.3 is 0 Å². The predicted octanol–water partition coefficient (Wildman–Crippen LogP) is 1.66. The van der Waals surface area contributed by atoms with Crippen LogP contribution in [0.4, 0.5) is 0 Å². The molecule has 132 valence electrons. The van der Waals surface area contributed by atoms with Crippen LogP contribution in [0.15, 0.2) is 41.2 Å². The van der Waals surface area contributed by atoms with Crippen LogP contribution in [0.3, 0.4) is 0 Å². The Labute approximate surface area is 147 Å². The van der Waals surface area contributed by atoms with Gasteiger partial charge in [0.2, 0.25) is 5.43 Å². The lowest BCUT2D eigenvalue weighted by Gasteiger charge is -2.34. The highest BCUT2D eigenvalue weighted by Crippen LogP contribution is 2.26. The SMILES string of the molecule is Cc1cc(=O)c(C(=O)NCC2(C)CCNCC2)nn1-c1ccccc1. The standard InChI is InChI=1S/C19H24N4O2/c1-14-12-16(24)17(22-23(14)15-6-4-3-5-7-15)18(25)21-13-19(2)8-10-20-11-9-19/h3-7,12,20H,8-11,13H2,1-2H3,(H,21,25). The Bertz CT molecular complexity index is 808. The molecule has 0 unspecified atom stereocenters. The van der Waals surface area contributed by atoms with Gasteiger partial charge in [0.15, 0.2) is 5.69 Å². The van der Waals surface area contributed by atoms with Crippen LogP contribution in [0.2, 0.25) is 0 Å². The third kappa shape index (κ3) is 3.96. The molecule has 0 saturated carbocycles. The molecule has 1 aromatic heterocycles. The number of benzene rings is 1. The highest BCUT2D eigenvalue weighted by Gasteiger charge is 2.28. The topological polar surface area (TPSA) is 76.0 Å². The van der Waals surface area contributed by atoms with Crippen LogP contribution in [-0.4, -0.2) is 35.3 Å². The number of rotatable bonds is 4. The van der Waals surface area contributed by atoms with Crippen molar-refractivity contribution in [3.05, 3.63) is 58.0 Å². The number of amides is 1. The van der Waals surface area contributed by atoms with Gasteiger partial charge in [-0.05, 0) is 50.4 Å². The van der Waals surface area contributed by atoms with Crippen molar-refractivity contribution >= 4 is 5.91 Å². The number of hydrogen-bond acceptors (Lipinski definition) is 4. The Morgan fingerprint density at radius 2 is 1.96 bits per heavy atom. The van der Waals surface area contributed by atoms with Gasteiger partial charge in [0.1, 0.15) is 0 Å². The minimum atomic E-state index is -0.408. The smallest absolute Gasteiger partial charge is 0.275 e. The molecule has 2 aromatic rings. The quantitative estimate of drug-likeness (QED) is 0.887. The highest BCUT2D eigenvalue weighted by molar-refractivity contribution is 5.92. The first-order valence-corrected chi connectivity index (χ1v) is 8.64. The number of aryl methyl sites for hydroxylation is 1. The number of carbonyl (C=O) groups is 1. The Hall–Kier alpha value is -2.47. The third-order valence-electron chi connectivity index (χ3n) is 4.81. The van der Waals surface area contributed by atoms with Crippen LogP contribution in [0.1, 0.15) is 35.9 Å². The van der Waals surface area contributed by atoms with Gasteiger partial charge in [-0.1, -0.05) is 25.1 Å². The molecule has 3 rings (SSSR count). The number of nitrogens with one attached hydrogen (secondary N) is 2. The number of aromatic nitrogens is 2. The van der Waals surface area contributed by atoms with Crippen molar-refractivity contribution in [1.29, 1.82) is 0 Å². The summed E-state index contributed by atoms with van der Waals surface area (Å²) in [5.41, 5.74) is 1.16. The van der Waals surface area contributed by atoms with Crippen LogP contribution in [0, 0.1) is 12.3 Å². The summed E-state index contributed by atoms with van der Waals surface area (Å²) in [7, 11) is 0. The second-order valence-corrected chi connectivity index (χ2v) is 6.99. The molecule has 6 nitrogen and oxygen atoms in total. The van der Waals surface area contributed by atoms with E-state index in [2.05, 4.69) is 22.7 Å². The molecule has 1 amide bonds. The van der Waals surface area contributed by atoms with E-state index >= 15 is 0 Å². The van der Waals surface area contributed by atoms with E-state index in [1.807, 2.05) is 30.3 Å². The zero-order valence-corrected chi connectivity index (χ0v) is 14.7. The minimum absolute atomic E-state index is 0.0596. The molecule has 0 aliphatic carbocycles. The molecule has 6 heteroatoms. The van der Waals surface area contributed by atoms with Crippen molar-refractivity contribution in [2.45, 2.75) is 26.7 Å². The molecular weight excluding hydrogens is 316 g/mol. The van der Waals surface area contributed by atoms with E-state index in [0.717, 1.165) is 31.6 Å². The second kappa shape index (κ2) is 7.19. The van der Waals surface area contributed by atoms with Crippen molar-refractivity contribution in [2.24, 2.45) is 5.41 Å². The van der Waals surface area contributed by atoms with Gasteiger partial charge in [-0.25, -0.2) is 4.68 Å². The van der Waals surface area contributed by atoms with Crippen molar-refractivity contribution in [1.82, 2.24) is 20.4 Å². The van der Waals surface area contributed by atoms with Crippen LogP contribution in [0.5, 0.6) is 0 Å². The van der Waals surface area contributed by atoms with Crippen molar-refractivity contribution < 1.29 is 4.79 Å². The molecule has 1 fully saturated rings. The normalized spacial score (nSPS) is 16.4. The summed E-state index contributed by atoms with van der Waals surface area (Å²) >= 11 is 0. The Morgan fingerprint density at radius 3 is 2.64 bits per heavy atom. The average molecular weight is 340 g/mol. The van der Waals surface area contributed by atoms with E-state index in [9.17, 15) is 9.59 Å². The molecule has 1 aromatic carbocycles. The van der Waals surface area contributed by atoms with E-state index < -0.39 is 5.91 Å². The van der Waals surface area contributed by atoms with Crippen LogP contribution >= 0.6 is 0 Å². The molecular formula is C19H24N4O2. The number of piperidine rings is 1. The van der Waals surface area contributed by atoms with Crippen molar-refractivity contribution in [3.63, 3.8) is 0 Å². The first-order chi connectivity index (χ1) is 12.0. The molecule has 25 heavy (non-hydrogen) atoms. The highest BCUT2D eigenvalue weighted by atomic mass is 16.2. The maximum Gasteiger partial charge on any atom is 0.275 e. The molecule has 1 aliphatic heterocycles. The maximum atomic E-state index is 12.5. The zero-order valence-electron chi connectivity index (χ0n) is 14.7. The lowest BCUT2D eigenvalue weighted by molar-refractivity contribution is 0.0914. The second-order valence-electron chi connectivity index (χ2n) is 6.99. The molecule has 1 aliphatic rings. The van der Waals surface area contributed by atoms with Crippen LogP contribution in [0.25, 0.3) is 5.69 Å². The van der Waals surface area contributed by atoms with Gasteiger partial charge < -0.3 is 10.6 Å². The Morgan fingerprint density at radius 1 is 1.28 bits per heavy atom. The monoisotopic (exact) mass is 340 g/mol. The first kappa shape index (κ1) is 17.4. The molecule has 2 N–H and O–H groups in total. The van der Waals surface area contributed by atoms with Crippen LogP contribution < -0.4 is 16.1 Å². The molecule has 0 radical (unpaired) electrons. The molecule has 1 saturated heterocycles. The number of carbonyl (C=O) groups excluding carboxylic acids is 1. The van der Waals surface area contributed by atoms with Crippen LogP contribution in [-0.2, 0) is 0 Å².